The first kappa shape index (κ1) is 26.2. The van der Waals surface area contributed by atoms with E-state index in [1.807, 2.05) is 12.1 Å². The fraction of sp³-hybridized carbons (Fsp3) is 0.360. The van der Waals surface area contributed by atoms with Crippen LogP contribution in [0.4, 0.5) is 22.0 Å². The summed E-state index contributed by atoms with van der Waals surface area (Å²) in [6.45, 7) is 0.635. The summed E-state index contributed by atoms with van der Waals surface area (Å²) in [5, 5.41) is 11.3. The summed E-state index contributed by atoms with van der Waals surface area (Å²) >= 11 is 12.1. The molecule has 6 nitrogen and oxygen atoms in total. The number of anilines is 3. The number of amides is 2. The van der Waals surface area contributed by atoms with Crippen LogP contribution >= 0.6 is 35.6 Å². The first-order valence-electron chi connectivity index (χ1n) is 11.2. The Morgan fingerprint density at radius 2 is 1.79 bits per heavy atom. The smallest absolute Gasteiger partial charge is 0.319 e. The number of rotatable bonds is 6. The Morgan fingerprint density at radius 1 is 1.06 bits per heavy atom. The second-order valence-corrected chi connectivity index (χ2v) is 9.52. The van der Waals surface area contributed by atoms with Gasteiger partial charge in [0.05, 0.1) is 21.2 Å². The third-order valence-electron chi connectivity index (χ3n) is 6.13. The van der Waals surface area contributed by atoms with Crippen LogP contribution in [0, 0.1) is 5.92 Å². The number of halogens is 3. The van der Waals surface area contributed by atoms with Gasteiger partial charge in [0, 0.05) is 43.8 Å². The van der Waals surface area contributed by atoms with Crippen molar-refractivity contribution in [3.63, 3.8) is 0 Å². The lowest BCUT2D eigenvalue weighted by atomic mass is 9.86. The van der Waals surface area contributed by atoms with Crippen LogP contribution < -0.4 is 20.9 Å². The summed E-state index contributed by atoms with van der Waals surface area (Å²) in [4.78, 5) is 19.2. The zero-order valence-corrected chi connectivity index (χ0v) is 21.6. The molecule has 3 N–H and O–H groups in total. The van der Waals surface area contributed by atoms with Gasteiger partial charge in [-0.1, -0.05) is 47.5 Å². The van der Waals surface area contributed by atoms with E-state index < -0.39 is 0 Å². The van der Waals surface area contributed by atoms with Gasteiger partial charge in [-0.3, -0.25) is 0 Å². The van der Waals surface area contributed by atoms with Gasteiger partial charge in [-0.25, -0.2) is 9.78 Å². The van der Waals surface area contributed by atoms with E-state index in [-0.39, 0.29) is 18.4 Å². The fourth-order valence-electron chi connectivity index (χ4n) is 4.32. The Bertz CT molecular complexity index is 1130. The number of aromatic nitrogens is 1. The maximum atomic E-state index is 12.3. The minimum atomic E-state index is -0.268. The number of urea groups is 1. The number of benzene rings is 2. The lowest BCUT2D eigenvalue weighted by Gasteiger charge is -2.30. The van der Waals surface area contributed by atoms with E-state index >= 15 is 0 Å². The Morgan fingerprint density at radius 3 is 2.53 bits per heavy atom. The molecule has 182 valence electrons. The Kier molecular flexibility index (Phi) is 9.11. The summed E-state index contributed by atoms with van der Waals surface area (Å²) in [6, 6.07) is 15.6. The molecule has 0 aliphatic heterocycles. The molecule has 1 aliphatic rings. The quantitative estimate of drug-likeness (QED) is 0.332. The third-order valence-corrected chi connectivity index (χ3v) is 6.94. The normalized spacial score (nSPS) is 17.5. The molecule has 0 unspecified atom stereocenters. The third kappa shape index (κ3) is 6.38. The summed E-state index contributed by atoms with van der Waals surface area (Å²) in [6.07, 6.45) is 4.17. The highest BCUT2D eigenvalue weighted by Gasteiger charge is 2.22. The van der Waals surface area contributed by atoms with E-state index in [1.54, 1.807) is 18.2 Å². The van der Waals surface area contributed by atoms with Crippen molar-refractivity contribution in [2.45, 2.75) is 31.7 Å². The molecular weight excluding hydrogens is 493 g/mol. The molecule has 0 atom stereocenters. The van der Waals surface area contributed by atoms with Crippen LogP contribution in [-0.4, -0.2) is 37.7 Å². The lowest BCUT2D eigenvalue weighted by Crippen LogP contribution is -2.36. The Hall–Kier alpha value is -2.41. The number of pyridine rings is 1. The molecule has 4 rings (SSSR count). The van der Waals surface area contributed by atoms with Crippen LogP contribution in [0.25, 0.3) is 10.9 Å². The van der Waals surface area contributed by atoms with Crippen molar-refractivity contribution in [1.82, 2.24) is 10.3 Å². The first-order chi connectivity index (χ1) is 15.9. The standard InChI is InChI=1S/C25H29Cl2N5O.ClH/c1-32(2)22-14-23(30-20-8-4-3-6-18(20)22)29-17-12-10-16(11-13-17)15-28-25(33)31-21-9-5-7-19(26)24(21)27;/h3-9,14,16-17H,10-13,15H2,1-2H3,(H,29,30)(H2,28,31,33);1H/t16-,17+;. The average molecular weight is 523 g/mol. The largest absolute Gasteiger partial charge is 0.377 e. The van der Waals surface area contributed by atoms with E-state index in [0.717, 1.165) is 48.1 Å². The molecule has 1 saturated carbocycles. The van der Waals surface area contributed by atoms with Crippen molar-refractivity contribution in [3.05, 3.63) is 58.6 Å². The lowest BCUT2D eigenvalue weighted by molar-refractivity contribution is 0.246. The van der Waals surface area contributed by atoms with Crippen molar-refractivity contribution in [2.75, 3.05) is 36.2 Å². The minimum absolute atomic E-state index is 0. The second kappa shape index (κ2) is 11.8. The summed E-state index contributed by atoms with van der Waals surface area (Å²) in [5.74, 6) is 1.36. The number of carbonyl (C=O) groups is 1. The van der Waals surface area contributed by atoms with E-state index in [9.17, 15) is 4.79 Å². The predicted molar refractivity (Wildman–Crippen MR) is 146 cm³/mol. The maximum absolute atomic E-state index is 12.3. The monoisotopic (exact) mass is 521 g/mol. The van der Waals surface area contributed by atoms with Gasteiger partial charge in [0.25, 0.3) is 0 Å². The first-order valence-corrected chi connectivity index (χ1v) is 12.0. The van der Waals surface area contributed by atoms with Gasteiger partial charge in [-0.05, 0) is 49.8 Å². The molecule has 1 fully saturated rings. The highest BCUT2D eigenvalue weighted by molar-refractivity contribution is 6.43. The summed E-state index contributed by atoms with van der Waals surface area (Å²) < 4.78 is 0. The number of fused-ring (bicyclic) bond motifs is 1. The van der Waals surface area contributed by atoms with Gasteiger partial charge in [0.15, 0.2) is 0 Å². The van der Waals surface area contributed by atoms with Crippen molar-refractivity contribution >= 4 is 69.7 Å². The number of nitrogens with zero attached hydrogens (tertiary/aromatic N) is 2. The minimum Gasteiger partial charge on any atom is -0.377 e. The topological polar surface area (TPSA) is 69.3 Å². The van der Waals surface area contributed by atoms with Crippen molar-refractivity contribution < 1.29 is 4.79 Å². The van der Waals surface area contributed by atoms with Gasteiger partial charge in [-0.15, -0.1) is 12.4 Å². The molecule has 0 spiro atoms. The molecular formula is C25H30Cl3N5O. The van der Waals surface area contributed by atoms with E-state index in [0.29, 0.717) is 34.2 Å². The maximum Gasteiger partial charge on any atom is 0.319 e. The van der Waals surface area contributed by atoms with Crippen LogP contribution in [0.3, 0.4) is 0 Å². The molecule has 2 amide bonds. The van der Waals surface area contributed by atoms with Crippen LogP contribution in [0.2, 0.25) is 10.0 Å². The average Bonchev–Trinajstić information content (AvgIpc) is 2.81. The van der Waals surface area contributed by atoms with Gasteiger partial charge in [0.1, 0.15) is 5.82 Å². The Balaban J connectivity index is 0.00000324. The van der Waals surface area contributed by atoms with Gasteiger partial charge < -0.3 is 20.9 Å². The SMILES string of the molecule is CN(C)c1cc(N[C@H]2CC[C@@H](CNC(=O)Nc3cccc(Cl)c3Cl)CC2)nc2ccccc12.Cl. The summed E-state index contributed by atoms with van der Waals surface area (Å²) in [7, 11) is 4.11. The molecule has 0 saturated heterocycles. The second-order valence-electron chi connectivity index (χ2n) is 8.74. The van der Waals surface area contributed by atoms with E-state index in [2.05, 4.69) is 53.1 Å². The fourth-order valence-corrected chi connectivity index (χ4v) is 4.67. The summed E-state index contributed by atoms with van der Waals surface area (Å²) in [5.41, 5.74) is 2.66. The molecule has 1 aliphatic carbocycles. The van der Waals surface area contributed by atoms with Gasteiger partial charge >= 0.3 is 6.03 Å². The highest BCUT2D eigenvalue weighted by atomic mass is 35.5. The zero-order valence-electron chi connectivity index (χ0n) is 19.3. The van der Waals surface area contributed by atoms with Gasteiger partial charge in [0.2, 0.25) is 0 Å². The molecule has 9 heteroatoms. The number of hydrogen-bond acceptors (Lipinski definition) is 4. The van der Waals surface area contributed by atoms with Crippen LogP contribution in [-0.2, 0) is 0 Å². The number of carbonyl (C=O) groups excluding carboxylic acids is 1. The molecule has 1 aromatic heterocycles. The molecule has 2 aromatic carbocycles. The highest BCUT2D eigenvalue weighted by Crippen LogP contribution is 2.31. The molecule has 0 radical (unpaired) electrons. The zero-order chi connectivity index (χ0) is 23.4. The van der Waals surface area contributed by atoms with Crippen LogP contribution in [0.15, 0.2) is 48.5 Å². The van der Waals surface area contributed by atoms with Crippen molar-refractivity contribution in [1.29, 1.82) is 0 Å². The number of hydrogen-bond donors (Lipinski definition) is 3. The number of para-hydroxylation sites is 1. The molecule has 0 bridgehead atoms. The molecule has 34 heavy (non-hydrogen) atoms. The van der Waals surface area contributed by atoms with Crippen LogP contribution in [0.1, 0.15) is 25.7 Å². The predicted octanol–water partition coefficient (Wildman–Crippen LogP) is 6.82. The van der Waals surface area contributed by atoms with E-state index in [4.69, 9.17) is 28.2 Å². The van der Waals surface area contributed by atoms with Gasteiger partial charge in [-0.2, -0.15) is 0 Å². The van der Waals surface area contributed by atoms with Crippen molar-refractivity contribution in [2.24, 2.45) is 5.92 Å². The van der Waals surface area contributed by atoms with E-state index in [1.165, 1.54) is 0 Å². The number of nitrogens with one attached hydrogen (secondary N) is 3. The molecule has 1 heterocycles. The molecule has 3 aromatic rings. The van der Waals surface area contributed by atoms with Crippen LogP contribution in [0.5, 0.6) is 0 Å². The Labute approximate surface area is 216 Å². The van der Waals surface area contributed by atoms with Crippen molar-refractivity contribution in [3.8, 4) is 0 Å².